The minimum atomic E-state index is -1.35. The topological polar surface area (TPSA) is 72.5 Å². The van der Waals surface area contributed by atoms with Gasteiger partial charge in [0.2, 0.25) is 0 Å². The van der Waals surface area contributed by atoms with Crippen LogP contribution in [0, 0.1) is 0 Å². The largest absolute Gasteiger partial charge is 0.489 e. The van der Waals surface area contributed by atoms with Crippen LogP contribution in [0.2, 0.25) is 0 Å². The Labute approximate surface area is 159 Å². The molecule has 0 saturated carbocycles. The number of rotatable bonds is 8. The molecule has 0 radical (unpaired) electrons. The first-order valence-corrected chi connectivity index (χ1v) is 8.87. The van der Waals surface area contributed by atoms with Crippen LogP contribution in [0.4, 0.5) is 0 Å². The Morgan fingerprint density at radius 2 is 1.26 bits per heavy atom. The number of nitrogens with two attached hydrogens (primary N) is 1. The maximum Gasteiger partial charge on any atom is 0.324 e. The van der Waals surface area contributed by atoms with Crippen molar-refractivity contribution in [2.24, 2.45) is 5.73 Å². The summed E-state index contributed by atoms with van der Waals surface area (Å²) < 4.78 is 5.77. The van der Waals surface area contributed by atoms with Gasteiger partial charge in [-0.05, 0) is 28.8 Å². The summed E-state index contributed by atoms with van der Waals surface area (Å²) in [7, 11) is 0. The highest BCUT2D eigenvalue weighted by Crippen LogP contribution is 2.20. The van der Waals surface area contributed by atoms with Crippen LogP contribution < -0.4 is 10.5 Å². The molecular formula is C23H23NO3. The molecule has 0 aliphatic heterocycles. The van der Waals surface area contributed by atoms with E-state index in [0.29, 0.717) is 6.61 Å². The van der Waals surface area contributed by atoms with Crippen molar-refractivity contribution >= 4 is 5.97 Å². The number of carboxylic acid groups (broad SMARTS) is 1. The van der Waals surface area contributed by atoms with Crippen molar-refractivity contribution in [3.63, 3.8) is 0 Å². The molecule has 138 valence electrons. The molecule has 0 spiro atoms. The summed E-state index contributed by atoms with van der Waals surface area (Å²) in [6, 6.07) is 26.8. The highest BCUT2D eigenvalue weighted by atomic mass is 16.5. The van der Waals surface area contributed by atoms with Crippen LogP contribution in [-0.4, -0.2) is 16.6 Å². The van der Waals surface area contributed by atoms with Crippen LogP contribution in [0.1, 0.15) is 16.7 Å². The van der Waals surface area contributed by atoms with Crippen molar-refractivity contribution < 1.29 is 14.6 Å². The number of carboxylic acids is 1. The molecule has 0 unspecified atom stereocenters. The molecule has 0 amide bonds. The van der Waals surface area contributed by atoms with E-state index in [1.54, 1.807) is 0 Å². The second kappa shape index (κ2) is 8.52. The highest BCUT2D eigenvalue weighted by molar-refractivity contribution is 5.79. The molecule has 0 bridgehead atoms. The molecule has 4 heteroatoms. The molecule has 0 aliphatic rings. The second-order valence-corrected chi connectivity index (χ2v) is 6.72. The molecule has 4 nitrogen and oxygen atoms in total. The Morgan fingerprint density at radius 1 is 0.778 bits per heavy atom. The molecule has 3 rings (SSSR count). The van der Waals surface area contributed by atoms with Gasteiger partial charge in [-0.25, -0.2) is 0 Å². The van der Waals surface area contributed by atoms with Crippen LogP contribution in [-0.2, 0) is 24.2 Å². The fourth-order valence-corrected chi connectivity index (χ4v) is 2.98. The van der Waals surface area contributed by atoms with Gasteiger partial charge in [0, 0.05) is 12.8 Å². The molecule has 3 aromatic carbocycles. The van der Waals surface area contributed by atoms with Gasteiger partial charge in [-0.1, -0.05) is 72.8 Å². The van der Waals surface area contributed by atoms with Gasteiger partial charge in [-0.15, -0.1) is 0 Å². The Kier molecular flexibility index (Phi) is 5.89. The number of aliphatic carboxylic acids is 1. The molecule has 0 aromatic heterocycles. The Balaban J connectivity index is 1.65. The van der Waals surface area contributed by atoms with Crippen LogP contribution in [0.3, 0.4) is 0 Å². The summed E-state index contributed by atoms with van der Waals surface area (Å²) in [4.78, 5) is 11.8. The lowest BCUT2D eigenvalue weighted by Gasteiger charge is -2.25. The third-order valence-electron chi connectivity index (χ3n) is 4.48. The van der Waals surface area contributed by atoms with Gasteiger partial charge in [0.05, 0.1) is 0 Å². The molecule has 0 aliphatic carbocycles. The zero-order valence-electron chi connectivity index (χ0n) is 15.0. The van der Waals surface area contributed by atoms with Gasteiger partial charge in [-0.3, -0.25) is 4.79 Å². The highest BCUT2D eigenvalue weighted by Gasteiger charge is 2.34. The number of carbonyl (C=O) groups is 1. The Morgan fingerprint density at radius 3 is 1.78 bits per heavy atom. The third kappa shape index (κ3) is 5.19. The van der Waals surface area contributed by atoms with E-state index < -0.39 is 11.5 Å². The molecule has 3 aromatic rings. The van der Waals surface area contributed by atoms with Crippen molar-refractivity contribution in [2.45, 2.75) is 25.0 Å². The number of ether oxygens (including phenoxy) is 1. The van der Waals surface area contributed by atoms with Gasteiger partial charge in [0.15, 0.2) is 0 Å². The zero-order chi connectivity index (χ0) is 19.1. The van der Waals surface area contributed by atoms with Crippen molar-refractivity contribution in [2.75, 3.05) is 0 Å². The molecule has 0 fully saturated rings. The molecule has 0 saturated heterocycles. The summed E-state index contributed by atoms with van der Waals surface area (Å²) in [6.07, 6.45) is 0.519. The van der Waals surface area contributed by atoms with Gasteiger partial charge in [0.25, 0.3) is 0 Å². The normalized spacial score (nSPS) is 12.9. The second-order valence-electron chi connectivity index (χ2n) is 6.72. The first-order valence-electron chi connectivity index (χ1n) is 8.87. The number of benzene rings is 3. The van der Waals surface area contributed by atoms with Crippen molar-refractivity contribution in [1.29, 1.82) is 0 Å². The third-order valence-corrected chi connectivity index (χ3v) is 4.48. The average Bonchev–Trinajstić information content (AvgIpc) is 2.69. The van der Waals surface area contributed by atoms with E-state index in [0.717, 1.165) is 22.4 Å². The van der Waals surface area contributed by atoms with Crippen LogP contribution in [0.25, 0.3) is 0 Å². The van der Waals surface area contributed by atoms with E-state index in [9.17, 15) is 9.90 Å². The molecule has 0 heterocycles. The summed E-state index contributed by atoms with van der Waals surface area (Å²) in [5.41, 5.74) is 7.76. The number of hydrogen-bond donors (Lipinski definition) is 2. The fourth-order valence-electron chi connectivity index (χ4n) is 2.98. The number of hydrogen-bond acceptors (Lipinski definition) is 3. The Hall–Kier alpha value is -3.11. The molecule has 1 atom stereocenters. The first-order chi connectivity index (χ1) is 13.0. The van der Waals surface area contributed by atoms with Crippen molar-refractivity contribution in [1.82, 2.24) is 0 Å². The van der Waals surface area contributed by atoms with E-state index in [2.05, 4.69) is 0 Å². The summed E-state index contributed by atoms with van der Waals surface area (Å²) >= 11 is 0. The monoisotopic (exact) mass is 361 g/mol. The Bertz CT molecular complexity index is 863. The summed E-state index contributed by atoms with van der Waals surface area (Å²) in [6.45, 7) is 0.490. The minimum Gasteiger partial charge on any atom is -0.489 e. The van der Waals surface area contributed by atoms with E-state index >= 15 is 0 Å². The van der Waals surface area contributed by atoms with Gasteiger partial charge in [-0.2, -0.15) is 0 Å². The van der Waals surface area contributed by atoms with Gasteiger partial charge >= 0.3 is 5.97 Å². The molecule has 27 heavy (non-hydrogen) atoms. The van der Waals surface area contributed by atoms with Crippen LogP contribution >= 0.6 is 0 Å². The first kappa shape index (κ1) is 18.7. The zero-order valence-corrected chi connectivity index (χ0v) is 15.0. The SMILES string of the molecule is N[C@@](Cc1ccccc1)(Cc1ccc(OCc2ccccc2)cc1)C(=O)O. The van der Waals surface area contributed by atoms with E-state index in [1.165, 1.54) is 0 Å². The van der Waals surface area contributed by atoms with Crippen molar-refractivity contribution in [3.8, 4) is 5.75 Å². The van der Waals surface area contributed by atoms with E-state index in [1.807, 2.05) is 84.9 Å². The van der Waals surface area contributed by atoms with E-state index in [-0.39, 0.29) is 12.8 Å². The maximum absolute atomic E-state index is 11.8. The van der Waals surface area contributed by atoms with Crippen LogP contribution in [0.5, 0.6) is 5.75 Å². The molecular weight excluding hydrogens is 338 g/mol. The van der Waals surface area contributed by atoms with Crippen LogP contribution in [0.15, 0.2) is 84.9 Å². The lowest BCUT2D eigenvalue weighted by molar-refractivity contribution is -0.143. The minimum absolute atomic E-state index is 0.246. The fraction of sp³-hybridized carbons (Fsp3) is 0.174. The lowest BCUT2D eigenvalue weighted by atomic mass is 9.85. The smallest absolute Gasteiger partial charge is 0.324 e. The van der Waals surface area contributed by atoms with Crippen molar-refractivity contribution in [3.05, 3.63) is 102 Å². The quantitative estimate of drug-likeness (QED) is 0.639. The maximum atomic E-state index is 11.8. The summed E-state index contributed by atoms with van der Waals surface area (Å²) in [5.74, 6) is -0.264. The predicted molar refractivity (Wildman–Crippen MR) is 106 cm³/mol. The predicted octanol–water partition coefficient (Wildman–Crippen LogP) is 3.83. The standard InChI is InChI=1S/C23H23NO3/c24-23(22(25)26,15-18-7-3-1-4-8-18)16-19-11-13-21(14-12-19)27-17-20-9-5-2-6-10-20/h1-14H,15-17,24H2,(H,25,26)/t23-/m0/s1. The summed E-state index contributed by atoms with van der Waals surface area (Å²) in [5, 5.41) is 9.67. The average molecular weight is 361 g/mol. The molecule has 3 N–H and O–H groups in total. The lowest BCUT2D eigenvalue weighted by Crippen LogP contribution is -2.51. The van der Waals surface area contributed by atoms with Gasteiger partial charge < -0.3 is 15.6 Å². The van der Waals surface area contributed by atoms with E-state index in [4.69, 9.17) is 10.5 Å². The van der Waals surface area contributed by atoms with Gasteiger partial charge in [0.1, 0.15) is 17.9 Å².